The van der Waals surface area contributed by atoms with E-state index in [1.165, 1.54) is 6.08 Å². The first-order chi connectivity index (χ1) is 14.6. The summed E-state index contributed by atoms with van der Waals surface area (Å²) >= 11 is 3.41. The minimum atomic E-state index is -0.331. The normalized spacial score (nSPS) is 10.7. The molecule has 0 saturated carbocycles. The van der Waals surface area contributed by atoms with Crippen molar-refractivity contribution < 1.29 is 14.3 Å². The van der Waals surface area contributed by atoms with Crippen molar-refractivity contribution in [1.29, 1.82) is 0 Å². The summed E-state index contributed by atoms with van der Waals surface area (Å²) < 4.78 is 13.5. The van der Waals surface area contributed by atoms with Crippen LogP contribution in [0.15, 0.2) is 72.0 Å². The fraction of sp³-hybridized carbons (Fsp3) is 0.136. The molecule has 0 unspecified atom stereocenters. The molecule has 0 fully saturated rings. The van der Waals surface area contributed by atoms with Crippen molar-refractivity contribution >= 4 is 33.9 Å². The quantitative estimate of drug-likeness (QED) is 0.373. The number of ether oxygens (including phenoxy) is 2. The molecular weight excluding hydrogens is 448 g/mol. The van der Waals surface area contributed by atoms with Crippen LogP contribution in [0.5, 0.6) is 11.5 Å². The maximum Gasteiger partial charge on any atom is 0.250 e. The monoisotopic (exact) mass is 468 g/mol. The second-order valence-electron chi connectivity index (χ2n) is 6.22. The van der Waals surface area contributed by atoms with Gasteiger partial charge in [0.05, 0.1) is 13.7 Å². The number of rotatable bonds is 9. The van der Waals surface area contributed by atoms with Gasteiger partial charge in [-0.25, -0.2) is 9.67 Å². The lowest BCUT2D eigenvalue weighted by Gasteiger charge is -2.09. The summed E-state index contributed by atoms with van der Waals surface area (Å²) in [5, 5.41) is 6.93. The van der Waals surface area contributed by atoms with E-state index in [1.807, 2.05) is 30.3 Å². The number of aromatic nitrogens is 3. The molecule has 1 N–H and O–H groups in total. The molecule has 0 aliphatic rings. The molecule has 1 heterocycles. The van der Waals surface area contributed by atoms with E-state index >= 15 is 0 Å². The third kappa shape index (κ3) is 6.05. The lowest BCUT2D eigenvalue weighted by molar-refractivity contribution is -0.111. The largest absolute Gasteiger partial charge is 0.493 e. The molecule has 1 aromatic heterocycles. The van der Waals surface area contributed by atoms with Crippen molar-refractivity contribution in [3.8, 4) is 11.5 Å². The number of benzene rings is 2. The summed E-state index contributed by atoms with van der Waals surface area (Å²) in [6.07, 6.45) is 6.32. The van der Waals surface area contributed by atoms with Gasteiger partial charge in [0.2, 0.25) is 5.95 Å². The van der Waals surface area contributed by atoms with Crippen molar-refractivity contribution in [2.75, 3.05) is 19.0 Å². The van der Waals surface area contributed by atoms with Gasteiger partial charge in [-0.15, -0.1) is 5.10 Å². The first-order valence-corrected chi connectivity index (χ1v) is 9.91. The lowest BCUT2D eigenvalue weighted by atomic mass is 10.2. The second kappa shape index (κ2) is 10.4. The summed E-state index contributed by atoms with van der Waals surface area (Å²) in [5.41, 5.74) is 1.87. The van der Waals surface area contributed by atoms with E-state index in [9.17, 15) is 4.79 Å². The van der Waals surface area contributed by atoms with Gasteiger partial charge < -0.3 is 9.47 Å². The van der Waals surface area contributed by atoms with E-state index < -0.39 is 0 Å². The molecule has 0 bridgehead atoms. The molecule has 30 heavy (non-hydrogen) atoms. The van der Waals surface area contributed by atoms with Gasteiger partial charge >= 0.3 is 0 Å². The van der Waals surface area contributed by atoms with E-state index in [1.54, 1.807) is 42.4 Å². The molecule has 3 rings (SSSR count). The van der Waals surface area contributed by atoms with Crippen LogP contribution in [0.3, 0.4) is 0 Å². The predicted molar refractivity (Wildman–Crippen MR) is 120 cm³/mol. The Morgan fingerprint density at radius 2 is 2.03 bits per heavy atom. The number of carbonyl (C=O) groups excluding carboxylic acids is 1. The van der Waals surface area contributed by atoms with Gasteiger partial charge in [0.15, 0.2) is 11.5 Å². The summed E-state index contributed by atoms with van der Waals surface area (Å²) in [5.74, 6) is 1.10. The maximum atomic E-state index is 12.2. The van der Waals surface area contributed by atoms with E-state index in [2.05, 4.69) is 37.9 Å². The predicted octanol–water partition coefficient (Wildman–Crippen LogP) is 4.31. The van der Waals surface area contributed by atoms with Crippen LogP contribution in [0.1, 0.15) is 11.1 Å². The Balaban J connectivity index is 1.59. The minimum absolute atomic E-state index is 0.243. The Morgan fingerprint density at radius 3 is 2.77 bits per heavy atom. The Labute approximate surface area is 183 Å². The Morgan fingerprint density at radius 1 is 1.23 bits per heavy atom. The van der Waals surface area contributed by atoms with E-state index in [-0.39, 0.29) is 11.9 Å². The molecule has 0 aliphatic heterocycles. The van der Waals surface area contributed by atoms with Crippen LogP contribution in [0.4, 0.5) is 5.95 Å². The number of carbonyl (C=O) groups is 1. The molecule has 154 valence electrons. The smallest absolute Gasteiger partial charge is 0.250 e. The van der Waals surface area contributed by atoms with E-state index in [0.29, 0.717) is 24.7 Å². The van der Waals surface area contributed by atoms with Gasteiger partial charge in [0, 0.05) is 10.5 Å². The van der Waals surface area contributed by atoms with Gasteiger partial charge in [0.25, 0.3) is 5.91 Å². The summed E-state index contributed by atoms with van der Waals surface area (Å²) in [6.45, 7) is 4.57. The van der Waals surface area contributed by atoms with Crippen LogP contribution in [-0.4, -0.2) is 34.4 Å². The van der Waals surface area contributed by atoms with Crippen molar-refractivity contribution in [2.45, 2.75) is 6.54 Å². The molecule has 3 aromatic rings. The van der Waals surface area contributed by atoms with Crippen molar-refractivity contribution in [3.63, 3.8) is 0 Å². The van der Waals surface area contributed by atoms with Crippen molar-refractivity contribution in [2.24, 2.45) is 0 Å². The van der Waals surface area contributed by atoms with Crippen molar-refractivity contribution in [3.05, 3.63) is 83.1 Å². The first kappa shape index (κ1) is 21.3. The highest BCUT2D eigenvalue weighted by Crippen LogP contribution is 2.28. The van der Waals surface area contributed by atoms with Crippen LogP contribution < -0.4 is 14.8 Å². The molecule has 0 spiro atoms. The fourth-order valence-corrected chi connectivity index (χ4v) is 2.85. The molecule has 0 atom stereocenters. The molecular formula is C22H21BrN4O3. The molecule has 0 radical (unpaired) electrons. The lowest BCUT2D eigenvalue weighted by Crippen LogP contribution is -2.10. The van der Waals surface area contributed by atoms with E-state index in [4.69, 9.17) is 9.47 Å². The SMILES string of the molecule is C=CCOc1ccc(/C=C/C(=O)Nc2ncn(Cc3ccc(Br)cc3)n2)cc1OC. The number of methoxy groups -OCH3 is 1. The summed E-state index contributed by atoms with van der Waals surface area (Å²) in [4.78, 5) is 16.3. The highest BCUT2D eigenvalue weighted by atomic mass is 79.9. The van der Waals surface area contributed by atoms with Gasteiger partial charge in [0.1, 0.15) is 12.9 Å². The van der Waals surface area contributed by atoms with Gasteiger partial charge in [-0.05, 0) is 41.5 Å². The van der Waals surface area contributed by atoms with Crippen LogP contribution in [0.25, 0.3) is 6.08 Å². The van der Waals surface area contributed by atoms with Crippen molar-refractivity contribution in [1.82, 2.24) is 14.8 Å². The van der Waals surface area contributed by atoms with Crippen LogP contribution in [-0.2, 0) is 11.3 Å². The molecule has 7 nitrogen and oxygen atoms in total. The zero-order chi connectivity index (χ0) is 21.3. The number of hydrogen-bond donors (Lipinski definition) is 1. The Kier molecular flexibility index (Phi) is 7.40. The molecule has 1 amide bonds. The fourth-order valence-electron chi connectivity index (χ4n) is 2.58. The van der Waals surface area contributed by atoms with Gasteiger partial charge in [-0.2, -0.15) is 0 Å². The zero-order valence-electron chi connectivity index (χ0n) is 16.4. The Hall–Kier alpha value is -3.39. The summed E-state index contributed by atoms with van der Waals surface area (Å²) in [7, 11) is 1.56. The number of hydrogen-bond acceptors (Lipinski definition) is 5. The maximum absolute atomic E-state index is 12.2. The summed E-state index contributed by atoms with van der Waals surface area (Å²) in [6, 6.07) is 13.3. The van der Waals surface area contributed by atoms with Gasteiger partial charge in [-0.1, -0.05) is 46.8 Å². The average Bonchev–Trinajstić information content (AvgIpc) is 3.19. The molecule has 0 saturated heterocycles. The molecule has 0 aliphatic carbocycles. The van der Waals surface area contributed by atoms with Crippen LogP contribution in [0.2, 0.25) is 0 Å². The topological polar surface area (TPSA) is 78.3 Å². The Bertz CT molecular complexity index is 1040. The standard InChI is InChI=1S/C22H21BrN4O3/c1-3-12-30-19-10-6-16(13-20(19)29-2)7-11-21(28)25-22-24-15-27(26-22)14-17-4-8-18(23)9-5-17/h3-11,13,15H,1,12,14H2,2H3,(H,25,26,28)/b11-7+. The number of amides is 1. The number of nitrogens with zero attached hydrogens (tertiary/aromatic N) is 3. The third-order valence-electron chi connectivity index (χ3n) is 4.00. The number of halogens is 1. The number of nitrogens with one attached hydrogen (secondary N) is 1. The zero-order valence-corrected chi connectivity index (χ0v) is 18.0. The highest BCUT2D eigenvalue weighted by molar-refractivity contribution is 9.10. The van der Waals surface area contributed by atoms with Gasteiger partial charge in [-0.3, -0.25) is 10.1 Å². The van der Waals surface area contributed by atoms with Crippen LogP contribution >= 0.6 is 15.9 Å². The van der Waals surface area contributed by atoms with E-state index in [0.717, 1.165) is 15.6 Å². The number of anilines is 1. The van der Waals surface area contributed by atoms with Crippen LogP contribution in [0, 0.1) is 0 Å². The molecule has 2 aromatic carbocycles. The molecule has 8 heteroatoms. The average molecular weight is 469 g/mol. The third-order valence-corrected chi connectivity index (χ3v) is 4.53. The first-order valence-electron chi connectivity index (χ1n) is 9.12. The second-order valence-corrected chi connectivity index (χ2v) is 7.14. The highest BCUT2D eigenvalue weighted by Gasteiger charge is 2.06. The minimum Gasteiger partial charge on any atom is -0.493 e.